The van der Waals surface area contributed by atoms with Gasteiger partial charge in [0.25, 0.3) is 0 Å². The van der Waals surface area contributed by atoms with Gasteiger partial charge in [-0.15, -0.1) is 0 Å². The number of hydrogen-bond acceptors (Lipinski definition) is 3. The number of pyridine rings is 1. The maximum absolute atomic E-state index is 12.0. The first-order chi connectivity index (χ1) is 9.00. The summed E-state index contributed by atoms with van der Waals surface area (Å²) in [7, 11) is 0. The molecule has 0 aliphatic carbocycles. The molecule has 1 aromatic carbocycles. The molecular formula is C14H16ClN3O. The number of carbonyl (C=O) groups excluding carboxylic acids is 1. The number of rotatable bonds is 3. The SMILES string of the molecule is CC(C)[C@@H](N)C(=O)Nc1ccc(Cl)c2cccnc12. The molecule has 0 unspecified atom stereocenters. The van der Waals surface area contributed by atoms with Crippen LogP contribution in [0.3, 0.4) is 0 Å². The summed E-state index contributed by atoms with van der Waals surface area (Å²) in [6.45, 7) is 3.81. The smallest absolute Gasteiger partial charge is 0.241 e. The van der Waals surface area contributed by atoms with Crippen molar-refractivity contribution in [2.45, 2.75) is 19.9 Å². The lowest BCUT2D eigenvalue weighted by atomic mass is 10.0. The van der Waals surface area contributed by atoms with Crippen LogP contribution in [0, 0.1) is 5.92 Å². The van der Waals surface area contributed by atoms with Crippen molar-refractivity contribution in [3.05, 3.63) is 35.5 Å². The number of anilines is 1. The molecule has 0 saturated heterocycles. The predicted octanol–water partition coefficient (Wildman–Crippen LogP) is 2.81. The molecule has 100 valence electrons. The average molecular weight is 278 g/mol. The van der Waals surface area contributed by atoms with Gasteiger partial charge in [-0.25, -0.2) is 0 Å². The molecule has 2 rings (SSSR count). The summed E-state index contributed by atoms with van der Waals surface area (Å²) in [6.07, 6.45) is 1.66. The summed E-state index contributed by atoms with van der Waals surface area (Å²) in [5.74, 6) is -0.143. The zero-order valence-corrected chi connectivity index (χ0v) is 11.6. The van der Waals surface area contributed by atoms with Crippen LogP contribution < -0.4 is 11.1 Å². The van der Waals surface area contributed by atoms with Gasteiger partial charge in [-0.1, -0.05) is 25.4 Å². The molecule has 19 heavy (non-hydrogen) atoms. The molecule has 1 amide bonds. The second kappa shape index (κ2) is 5.55. The maximum atomic E-state index is 12.0. The second-order valence-electron chi connectivity index (χ2n) is 4.75. The van der Waals surface area contributed by atoms with E-state index in [-0.39, 0.29) is 11.8 Å². The van der Waals surface area contributed by atoms with E-state index in [9.17, 15) is 4.79 Å². The third kappa shape index (κ3) is 2.85. The van der Waals surface area contributed by atoms with Crippen LogP contribution in [0.5, 0.6) is 0 Å². The Hall–Kier alpha value is -1.65. The zero-order chi connectivity index (χ0) is 14.0. The number of nitrogens with zero attached hydrogens (tertiary/aromatic N) is 1. The lowest BCUT2D eigenvalue weighted by molar-refractivity contribution is -0.118. The first kappa shape index (κ1) is 13.8. The summed E-state index contributed by atoms with van der Waals surface area (Å²) in [5, 5.41) is 4.22. The summed E-state index contributed by atoms with van der Waals surface area (Å²) >= 11 is 6.10. The van der Waals surface area contributed by atoms with Crippen molar-refractivity contribution in [2.75, 3.05) is 5.32 Å². The van der Waals surface area contributed by atoms with Gasteiger partial charge in [0.2, 0.25) is 5.91 Å². The van der Waals surface area contributed by atoms with Crippen LogP contribution in [0.25, 0.3) is 10.9 Å². The van der Waals surface area contributed by atoms with E-state index in [0.29, 0.717) is 16.2 Å². The van der Waals surface area contributed by atoms with Crippen LogP contribution in [-0.4, -0.2) is 16.9 Å². The first-order valence-electron chi connectivity index (χ1n) is 6.10. The molecule has 4 nitrogen and oxygen atoms in total. The van der Waals surface area contributed by atoms with Crippen LogP contribution in [-0.2, 0) is 4.79 Å². The van der Waals surface area contributed by atoms with Gasteiger partial charge in [-0.2, -0.15) is 0 Å². The van der Waals surface area contributed by atoms with Gasteiger partial charge >= 0.3 is 0 Å². The van der Waals surface area contributed by atoms with E-state index in [1.54, 1.807) is 24.4 Å². The molecule has 0 aliphatic heterocycles. The molecule has 0 saturated carbocycles. The van der Waals surface area contributed by atoms with Gasteiger partial charge in [-0.3, -0.25) is 9.78 Å². The van der Waals surface area contributed by atoms with Gasteiger partial charge in [0, 0.05) is 11.6 Å². The van der Waals surface area contributed by atoms with E-state index in [1.807, 2.05) is 19.9 Å². The van der Waals surface area contributed by atoms with E-state index < -0.39 is 6.04 Å². The van der Waals surface area contributed by atoms with Gasteiger partial charge in [-0.05, 0) is 30.2 Å². The van der Waals surface area contributed by atoms with E-state index in [4.69, 9.17) is 17.3 Å². The number of hydrogen-bond donors (Lipinski definition) is 2. The minimum absolute atomic E-state index is 0.0755. The highest BCUT2D eigenvalue weighted by molar-refractivity contribution is 6.35. The Balaban J connectivity index is 2.36. The summed E-state index contributed by atoms with van der Waals surface area (Å²) in [6, 6.07) is 6.60. The van der Waals surface area contributed by atoms with E-state index >= 15 is 0 Å². The molecule has 2 aromatic rings. The Labute approximate surface area is 117 Å². The monoisotopic (exact) mass is 277 g/mol. The Morgan fingerprint density at radius 2 is 2.11 bits per heavy atom. The molecule has 0 bridgehead atoms. The zero-order valence-electron chi connectivity index (χ0n) is 10.9. The fourth-order valence-corrected chi connectivity index (χ4v) is 1.97. The number of nitrogens with one attached hydrogen (secondary N) is 1. The minimum atomic E-state index is -0.547. The van der Waals surface area contributed by atoms with Crippen molar-refractivity contribution in [1.82, 2.24) is 4.98 Å². The van der Waals surface area contributed by atoms with Crippen molar-refractivity contribution >= 4 is 34.1 Å². The lowest BCUT2D eigenvalue weighted by Crippen LogP contribution is -2.39. The molecule has 5 heteroatoms. The van der Waals surface area contributed by atoms with E-state index in [1.165, 1.54) is 0 Å². The van der Waals surface area contributed by atoms with Crippen LogP contribution >= 0.6 is 11.6 Å². The maximum Gasteiger partial charge on any atom is 0.241 e. The molecule has 1 heterocycles. The number of halogens is 1. The van der Waals surface area contributed by atoms with Crippen molar-refractivity contribution in [2.24, 2.45) is 11.7 Å². The Morgan fingerprint density at radius 3 is 2.79 bits per heavy atom. The topological polar surface area (TPSA) is 68.0 Å². The average Bonchev–Trinajstić information content (AvgIpc) is 2.41. The van der Waals surface area contributed by atoms with Gasteiger partial charge in [0.1, 0.15) is 0 Å². The number of carbonyl (C=O) groups is 1. The van der Waals surface area contributed by atoms with Crippen molar-refractivity contribution in [3.8, 4) is 0 Å². The normalized spacial score (nSPS) is 12.7. The highest BCUT2D eigenvalue weighted by Crippen LogP contribution is 2.28. The molecule has 0 radical (unpaired) electrons. The number of nitrogens with two attached hydrogens (primary N) is 1. The summed E-state index contributed by atoms with van der Waals surface area (Å²) in [4.78, 5) is 16.2. The molecule has 0 aliphatic rings. The number of fused-ring (bicyclic) bond motifs is 1. The minimum Gasteiger partial charge on any atom is -0.323 e. The van der Waals surface area contributed by atoms with Gasteiger partial charge < -0.3 is 11.1 Å². The molecular weight excluding hydrogens is 262 g/mol. The van der Waals surface area contributed by atoms with Crippen LogP contribution in [0.15, 0.2) is 30.5 Å². The van der Waals surface area contributed by atoms with Gasteiger partial charge in [0.05, 0.1) is 22.3 Å². The molecule has 0 fully saturated rings. The largest absolute Gasteiger partial charge is 0.323 e. The first-order valence-corrected chi connectivity index (χ1v) is 6.48. The van der Waals surface area contributed by atoms with E-state index in [0.717, 1.165) is 5.39 Å². The Bertz CT molecular complexity index is 613. The fourth-order valence-electron chi connectivity index (χ4n) is 1.76. The second-order valence-corrected chi connectivity index (χ2v) is 5.16. The number of aromatic nitrogens is 1. The van der Waals surface area contributed by atoms with Crippen molar-refractivity contribution < 1.29 is 4.79 Å². The highest BCUT2D eigenvalue weighted by Gasteiger charge is 2.18. The quantitative estimate of drug-likeness (QED) is 0.906. The van der Waals surface area contributed by atoms with Crippen LogP contribution in [0.4, 0.5) is 5.69 Å². The van der Waals surface area contributed by atoms with Crippen LogP contribution in [0.1, 0.15) is 13.8 Å². The van der Waals surface area contributed by atoms with Crippen LogP contribution in [0.2, 0.25) is 5.02 Å². The molecule has 3 N–H and O–H groups in total. The van der Waals surface area contributed by atoms with Gasteiger partial charge in [0.15, 0.2) is 0 Å². The number of benzene rings is 1. The Kier molecular flexibility index (Phi) is 4.02. The highest BCUT2D eigenvalue weighted by atomic mass is 35.5. The predicted molar refractivity (Wildman–Crippen MR) is 78.2 cm³/mol. The lowest BCUT2D eigenvalue weighted by Gasteiger charge is -2.16. The van der Waals surface area contributed by atoms with Crippen molar-refractivity contribution in [1.29, 1.82) is 0 Å². The van der Waals surface area contributed by atoms with E-state index in [2.05, 4.69) is 10.3 Å². The third-order valence-electron chi connectivity index (χ3n) is 3.00. The Morgan fingerprint density at radius 1 is 1.37 bits per heavy atom. The number of amides is 1. The standard InChI is InChI=1S/C14H16ClN3O/c1-8(2)12(16)14(19)18-11-6-5-10(15)9-4-3-7-17-13(9)11/h3-8,12H,16H2,1-2H3,(H,18,19)/t12-/m1/s1. The molecule has 0 spiro atoms. The summed E-state index contributed by atoms with van der Waals surface area (Å²) in [5.41, 5.74) is 7.12. The fraction of sp³-hybridized carbons (Fsp3) is 0.286. The molecule has 1 atom stereocenters. The summed E-state index contributed by atoms with van der Waals surface area (Å²) < 4.78 is 0. The van der Waals surface area contributed by atoms with Crippen molar-refractivity contribution in [3.63, 3.8) is 0 Å². The molecule has 1 aromatic heterocycles. The third-order valence-corrected chi connectivity index (χ3v) is 3.32.